The van der Waals surface area contributed by atoms with E-state index in [1.165, 1.54) is 20.3 Å². The van der Waals surface area contributed by atoms with E-state index in [0.717, 1.165) is 0 Å². The van der Waals surface area contributed by atoms with Gasteiger partial charge in [0.2, 0.25) is 0 Å². The second-order valence-corrected chi connectivity index (χ2v) is 3.79. The van der Waals surface area contributed by atoms with E-state index in [4.69, 9.17) is 14.2 Å². The number of benzene rings is 1. The Hall–Kier alpha value is -1.40. The Labute approximate surface area is 101 Å². The molecule has 0 radical (unpaired) electrons. The zero-order valence-electron chi connectivity index (χ0n) is 10.4. The third-order valence-electron chi connectivity index (χ3n) is 2.16. The lowest BCUT2D eigenvalue weighted by Crippen LogP contribution is -2.31. The summed E-state index contributed by atoms with van der Waals surface area (Å²) in [5.41, 5.74) is 0.240. The minimum Gasteiger partial charge on any atom is -0.497 e. The van der Waals surface area contributed by atoms with Crippen molar-refractivity contribution in [3.05, 3.63) is 12.1 Å². The van der Waals surface area contributed by atoms with E-state index in [1.54, 1.807) is 6.07 Å². The highest BCUT2D eigenvalue weighted by molar-refractivity contribution is 6.59. The van der Waals surface area contributed by atoms with E-state index in [2.05, 4.69) is 0 Å². The van der Waals surface area contributed by atoms with Crippen LogP contribution in [0.1, 0.15) is 13.8 Å². The predicted molar refractivity (Wildman–Crippen MR) is 65.1 cm³/mol. The zero-order chi connectivity index (χ0) is 13.0. The maximum atomic E-state index is 9.24. The van der Waals surface area contributed by atoms with Gasteiger partial charge in [0.25, 0.3) is 0 Å². The predicted octanol–water partition coefficient (Wildman–Crippen LogP) is 0.171. The summed E-state index contributed by atoms with van der Waals surface area (Å²) in [5.74, 6) is 1.28. The average Bonchev–Trinajstić information content (AvgIpc) is 2.27. The van der Waals surface area contributed by atoms with Gasteiger partial charge in [-0.15, -0.1) is 0 Å². The molecule has 0 aliphatic heterocycles. The fraction of sp³-hybridized carbons (Fsp3) is 0.455. The minimum atomic E-state index is -1.62. The summed E-state index contributed by atoms with van der Waals surface area (Å²) in [6.45, 7) is 3.75. The second-order valence-electron chi connectivity index (χ2n) is 3.79. The maximum absolute atomic E-state index is 9.24. The van der Waals surface area contributed by atoms with Crippen LogP contribution >= 0.6 is 0 Å². The van der Waals surface area contributed by atoms with Crippen LogP contribution in [-0.2, 0) is 0 Å². The first kappa shape index (κ1) is 13.7. The van der Waals surface area contributed by atoms with Gasteiger partial charge in [0.15, 0.2) is 11.5 Å². The van der Waals surface area contributed by atoms with Gasteiger partial charge in [-0.05, 0) is 19.9 Å². The van der Waals surface area contributed by atoms with Gasteiger partial charge < -0.3 is 24.3 Å². The number of hydrogen-bond acceptors (Lipinski definition) is 5. The van der Waals surface area contributed by atoms with Crippen molar-refractivity contribution in [1.82, 2.24) is 0 Å². The molecular formula is C11H17BO5. The van der Waals surface area contributed by atoms with Crippen LogP contribution in [0.5, 0.6) is 17.2 Å². The highest BCUT2D eigenvalue weighted by Crippen LogP contribution is 2.30. The molecule has 0 atom stereocenters. The number of methoxy groups -OCH3 is 2. The molecule has 0 aliphatic carbocycles. The molecule has 1 aromatic rings. The molecule has 0 heterocycles. The molecular weight excluding hydrogens is 223 g/mol. The summed E-state index contributed by atoms with van der Waals surface area (Å²) in [7, 11) is 1.34. The second kappa shape index (κ2) is 5.79. The van der Waals surface area contributed by atoms with Gasteiger partial charge in [-0.25, -0.2) is 0 Å². The van der Waals surface area contributed by atoms with Crippen LogP contribution < -0.4 is 19.7 Å². The van der Waals surface area contributed by atoms with Crippen molar-refractivity contribution in [2.24, 2.45) is 0 Å². The molecule has 0 aromatic heterocycles. The molecule has 0 bridgehead atoms. The van der Waals surface area contributed by atoms with Crippen LogP contribution in [0.4, 0.5) is 0 Å². The lowest BCUT2D eigenvalue weighted by atomic mass is 9.79. The highest BCUT2D eigenvalue weighted by Gasteiger charge is 2.21. The molecule has 17 heavy (non-hydrogen) atoms. The highest BCUT2D eigenvalue weighted by atomic mass is 16.5. The molecule has 1 rings (SSSR count). The van der Waals surface area contributed by atoms with E-state index >= 15 is 0 Å². The molecule has 0 fully saturated rings. The van der Waals surface area contributed by atoms with Crippen LogP contribution in [0, 0.1) is 0 Å². The van der Waals surface area contributed by atoms with Crippen molar-refractivity contribution in [3.63, 3.8) is 0 Å². The normalized spacial score (nSPS) is 10.3. The molecule has 0 amide bonds. The Kier molecular flexibility index (Phi) is 4.66. The monoisotopic (exact) mass is 240 g/mol. The Balaban J connectivity index is 3.23. The van der Waals surface area contributed by atoms with Crippen LogP contribution in [0.2, 0.25) is 0 Å². The molecule has 5 nitrogen and oxygen atoms in total. The summed E-state index contributed by atoms with van der Waals surface area (Å²) >= 11 is 0. The Morgan fingerprint density at radius 1 is 1.00 bits per heavy atom. The third-order valence-corrected chi connectivity index (χ3v) is 2.16. The smallest absolute Gasteiger partial charge is 0.492 e. The van der Waals surface area contributed by atoms with Gasteiger partial charge in [-0.2, -0.15) is 0 Å². The van der Waals surface area contributed by atoms with Crippen molar-refractivity contribution >= 4 is 12.6 Å². The molecule has 0 saturated carbocycles. The standard InChI is InChI=1S/C11H17BO5/c1-7(2)17-11-5-8(12(13)14)9(15-3)6-10(11)16-4/h5-7,13-14H,1-4H3. The van der Waals surface area contributed by atoms with E-state index < -0.39 is 7.12 Å². The first-order valence-corrected chi connectivity index (χ1v) is 5.28. The molecule has 1 aromatic carbocycles. The van der Waals surface area contributed by atoms with Gasteiger partial charge in [-0.3, -0.25) is 0 Å². The quantitative estimate of drug-likeness (QED) is 0.718. The van der Waals surface area contributed by atoms with Gasteiger partial charge in [-0.1, -0.05) is 0 Å². The van der Waals surface area contributed by atoms with Crippen LogP contribution in [0.3, 0.4) is 0 Å². The Morgan fingerprint density at radius 2 is 1.59 bits per heavy atom. The van der Waals surface area contributed by atoms with Crippen LogP contribution in [-0.4, -0.2) is 37.5 Å². The molecule has 94 valence electrons. The summed E-state index contributed by atoms with van der Waals surface area (Å²) < 4.78 is 15.7. The summed E-state index contributed by atoms with van der Waals surface area (Å²) in [4.78, 5) is 0. The van der Waals surface area contributed by atoms with Gasteiger partial charge in [0.05, 0.1) is 20.3 Å². The fourth-order valence-corrected chi connectivity index (χ4v) is 1.44. The van der Waals surface area contributed by atoms with Crippen LogP contribution in [0.15, 0.2) is 12.1 Å². The third kappa shape index (κ3) is 3.28. The Bertz CT molecular complexity index is 378. The summed E-state index contributed by atoms with van der Waals surface area (Å²) in [6.07, 6.45) is -0.0408. The van der Waals surface area contributed by atoms with E-state index in [0.29, 0.717) is 17.2 Å². The number of hydrogen-bond donors (Lipinski definition) is 2. The van der Waals surface area contributed by atoms with Crippen molar-refractivity contribution in [3.8, 4) is 17.2 Å². The lowest BCUT2D eigenvalue weighted by molar-refractivity contribution is 0.229. The Morgan fingerprint density at radius 3 is 2.00 bits per heavy atom. The van der Waals surface area contributed by atoms with E-state index in [9.17, 15) is 10.0 Å². The zero-order valence-corrected chi connectivity index (χ0v) is 10.4. The maximum Gasteiger partial charge on any atom is 0.492 e. The topological polar surface area (TPSA) is 68.2 Å². The summed E-state index contributed by atoms with van der Waals surface area (Å²) in [5, 5.41) is 18.5. The van der Waals surface area contributed by atoms with Gasteiger partial charge in [0.1, 0.15) is 5.75 Å². The van der Waals surface area contributed by atoms with Crippen LogP contribution in [0.25, 0.3) is 0 Å². The van der Waals surface area contributed by atoms with Gasteiger partial charge >= 0.3 is 7.12 Å². The summed E-state index contributed by atoms with van der Waals surface area (Å²) in [6, 6.07) is 3.06. The average molecular weight is 240 g/mol. The van der Waals surface area contributed by atoms with E-state index in [-0.39, 0.29) is 11.6 Å². The van der Waals surface area contributed by atoms with Crippen molar-refractivity contribution in [2.75, 3.05) is 14.2 Å². The largest absolute Gasteiger partial charge is 0.497 e. The molecule has 6 heteroatoms. The molecule has 0 saturated heterocycles. The van der Waals surface area contributed by atoms with Gasteiger partial charge in [0, 0.05) is 11.5 Å². The number of ether oxygens (including phenoxy) is 3. The first-order chi connectivity index (χ1) is 7.99. The SMILES string of the molecule is COc1cc(OC)c(B(O)O)cc1OC(C)C. The van der Waals surface area contributed by atoms with Crippen molar-refractivity contribution < 1.29 is 24.3 Å². The lowest BCUT2D eigenvalue weighted by Gasteiger charge is -2.17. The minimum absolute atomic E-state index is 0.0408. The first-order valence-electron chi connectivity index (χ1n) is 5.28. The molecule has 0 unspecified atom stereocenters. The van der Waals surface area contributed by atoms with E-state index in [1.807, 2.05) is 13.8 Å². The molecule has 0 aliphatic rings. The fourth-order valence-electron chi connectivity index (χ4n) is 1.44. The molecule has 0 spiro atoms. The number of rotatable bonds is 5. The van der Waals surface area contributed by atoms with Crippen molar-refractivity contribution in [1.29, 1.82) is 0 Å². The van der Waals surface area contributed by atoms with Crippen molar-refractivity contribution in [2.45, 2.75) is 20.0 Å². The molecule has 2 N–H and O–H groups in total.